The Kier molecular flexibility index (Phi) is 1.97. The average molecular weight is 213 g/mol. The minimum atomic E-state index is 0.165. The van der Waals surface area contributed by atoms with Gasteiger partial charge < -0.3 is 4.74 Å². The molecule has 1 saturated carbocycles. The molecular weight excluding hydrogens is 198 g/mol. The van der Waals surface area contributed by atoms with Crippen LogP contribution in [-0.2, 0) is 11.8 Å². The van der Waals surface area contributed by atoms with Gasteiger partial charge in [0.25, 0.3) is 0 Å². The van der Waals surface area contributed by atoms with Crippen molar-refractivity contribution in [2.75, 3.05) is 7.11 Å². The highest BCUT2D eigenvalue weighted by molar-refractivity contribution is 5.47. The standard InChI is InChI=1S/C14H15NO/c1-16-12-3-2-10-4-6-14(13(10)8-12)7-5-11(14)9-15/h2-3,8,11H,4-7H2,1H3/t11-,14+/m1/s1. The van der Waals surface area contributed by atoms with Crippen LogP contribution in [0.15, 0.2) is 18.2 Å². The molecule has 0 radical (unpaired) electrons. The van der Waals surface area contributed by atoms with Crippen LogP contribution in [0.5, 0.6) is 5.75 Å². The largest absolute Gasteiger partial charge is 0.497 e. The molecule has 0 bridgehead atoms. The Balaban J connectivity index is 2.08. The van der Waals surface area contributed by atoms with E-state index in [9.17, 15) is 5.26 Å². The van der Waals surface area contributed by atoms with Crippen LogP contribution < -0.4 is 4.74 Å². The van der Waals surface area contributed by atoms with Crippen LogP contribution in [0.4, 0.5) is 0 Å². The molecule has 0 unspecified atom stereocenters. The fourth-order valence-electron chi connectivity index (χ4n) is 3.30. The molecule has 0 N–H and O–H groups in total. The van der Waals surface area contributed by atoms with Crippen LogP contribution in [0, 0.1) is 17.2 Å². The zero-order chi connectivity index (χ0) is 11.2. The molecule has 0 amide bonds. The molecule has 2 heteroatoms. The second kappa shape index (κ2) is 3.25. The van der Waals surface area contributed by atoms with Gasteiger partial charge in [-0.2, -0.15) is 5.26 Å². The lowest BCUT2D eigenvalue weighted by Crippen LogP contribution is -2.41. The molecule has 1 spiro atoms. The van der Waals surface area contributed by atoms with Gasteiger partial charge in [0.2, 0.25) is 0 Å². The fraction of sp³-hybridized carbons (Fsp3) is 0.500. The summed E-state index contributed by atoms with van der Waals surface area (Å²) in [5, 5.41) is 9.18. The van der Waals surface area contributed by atoms with Crippen molar-refractivity contribution in [3.05, 3.63) is 29.3 Å². The van der Waals surface area contributed by atoms with E-state index in [1.54, 1.807) is 7.11 Å². The van der Waals surface area contributed by atoms with Gasteiger partial charge in [-0.05, 0) is 48.9 Å². The maximum atomic E-state index is 9.18. The van der Waals surface area contributed by atoms with Crippen molar-refractivity contribution in [3.8, 4) is 11.8 Å². The summed E-state index contributed by atoms with van der Waals surface area (Å²) in [4.78, 5) is 0. The van der Waals surface area contributed by atoms with Gasteiger partial charge in [0, 0.05) is 5.41 Å². The third-order valence-electron chi connectivity index (χ3n) is 4.40. The maximum absolute atomic E-state index is 9.18. The minimum absolute atomic E-state index is 0.165. The molecule has 0 heterocycles. The molecule has 0 aliphatic heterocycles. The number of hydrogen-bond acceptors (Lipinski definition) is 2. The van der Waals surface area contributed by atoms with E-state index >= 15 is 0 Å². The molecule has 2 nitrogen and oxygen atoms in total. The first-order chi connectivity index (χ1) is 7.80. The van der Waals surface area contributed by atoms with Gasteiger partial charge in [0.05, 0.1) is 19.1 Å². The van der Waals surface area contributed by atoms with Crippen LogP contribution in [0.3, 0.4) is 0 Å². The molecule has 1 aromatic carbocycles. The number of rotatable bonds is 1. The second-order valence-electron chi connectivity index (χ2n) is 4.90. The van der Waals surface area contributed by atoms with Crippen molar-refractivity contribution in [2.45, 2.75) is 31.1 Å². The Labute approximate surface area is 95.8 Å². The van der Waals surface area contributed by atoms with Crippen molar-refractivity contribution in [2.24, 2.45) is 5.92 Å². The number of benzene rings is 1. The summed E-state index contributed by atoms with van der Waals surface area (Å²) in [6.07, 6.45) is 4.50. The first-order valence-electron chi connectivity index (χ1n) is 5.87. The lowest BCUT2D eigenvalue weighted by atomic mass is 9.58. The summed E-state index contributed by atoms with van der Waals surface area (Å²) in [7, 11) is 1.70. The normalized spacial score (nSPS) is 30.6. The van der Waals surface area contributed by atoms with Crippen molar-refractivity contribution in [1.82, 2.24) is 0 Å². The Morgan fingerprint density at radius 3 is 2.94 bits per heavy atom. The fourth-order valence-corrected chi connectivity index (χ4v) is 3.30. The van der Waals surface area contributed by atoms with Gasteiger partial charge in [0.1, 0.15) is 5.75 Å². The number of methoxy groups -OCH3 is 1. The number of nitrogens with zero attached hydrogens (tertiary/aromatic N) is 1. The van der Waals surface area contributed by atoms with Crippen LogP contribution in [0.2, 0.25) is 0 Å². The van der Waals surface area contributed by atoms with Crippen molar-refractivity contribution < 1.29 is 4.74 Å². The number of aryl methyl sites for hydroxylation is 1. The predicted octanol–water partition coefficient (Wildman–Crippen LogP) is 2.81. The molecule has 0 aromatic heterocycles. The van der Waals surface area contributed by atoms with E-state index in [-0.39, 0.29) is 11.3 Å². The highest BCUT2D eigenvalue weighted by Gasteiger charge is 2.51. The van der Waals surface area contributed by atoms with E-state index in [2.05, 4.69) is 18.2 Å². The van der Waals surface area contributed by atoms with E-state index in [1.165, 1.54) is 17.5 Å². The number of fused-ring (bicyclic) bond motifs is 2. The molecule has 1 aromatic rings. The van der Waals surface area contributed by atoms with Crippen molar-refractivity contribution in [1.29, 1.82) is 5.26 Å². The van der Waals surface area contributed by atoms with Gasteiger partial charge in [-0.15, -0.1) is 0 Å². The van der Waals surface area contributed by atoms with Crippen LogP contribution >= 0.6 is 0 Å². The average Bonchev–Trinajstić information content (AvgIpc) is 2.68. The summed E-state index contributed by atoms with van der Waals surface area (Å²) >= 11 is 0. The molecule has 16 heavy (non-hydrogen) atoms. The second-order valence-corrected chi connectivity index (χ2v) is 4.90. The quantitative estimate of drug-likeness (QED) is 0.718. The van der Waals surface area contributed by atoms with Crippen molar-refractivity contribution in [3.63, 3.8) is 0 Å². The highest BCUT2D eigenvalue weighted by Crippen LogP contribution is 2.56. The maximum Gasteiger partial charge on any atom is 0.119 e. The Morgan fingerprint density at radius 1 is 1.44 bits per heavy atom. The third kappa shape index (κ3) is 1.06. The van der Waals surface area contributed by atoms with Gasteiger partial charge in [-0.1, -0.05) is 6.07 Å². The monoisotopic (exact) mass is 213 g/mol. The van der Waals surface area contributed by atoms with E-state index < -0.39 is 0 Å². The zero-order valence-electron chi connectivity index (χ0n) is 9.49. The third-order valence-corrected chi connectivity index (χ3v) is 4.40. The van der Waals surface area contributed by atoms with Gasteiger partial charge in [0.15, 0.2) is 0 Å². The lowest BCUT2D eigenvalue weighted by molar-refractivity contribution is 0.171. The van der Waals surface area contributed by atoms with E-state index in [0.717, 1.165) is 25.0 Å². The molecule has 2 atom stereocenters. The number of hydrogen-bond donors (Lipinski definition) is 0. The van der Waals surface area contributed by atoms with Gasteiger partial charge in [-0.25, -0.2) is 0 Å². The molecule has 0 saturated heterocycles. The summed E-state index contributed by atoms with van der Waals surface area (Å²) < 4.78 is 5.29. The van der Waals surface area contributed by atoms with Crippen LogP contribution in [-0.4, -0.2) is 7.11 Å². The topological polar surface area (TPSA) is 33.0 Å². The Morgan fingerprint density at radius 2 is 2.31 bits per heavy atom. The van der Waals surface area contributed by atoms with E-state index in [0.29, 0.717) is 0 Å². The number of ether oxygens (including phenoxy) is 1. The van der Waals surface area contributed by atoms with Crippen molar-refractivity contribution >= 4 is 0 Å². The van der Waals surface area contributed by atoms with Gasteiger partial charge >= 0.3 is 0 Å². The molecule has 1 fully saturated rings. The lowest BCUT2D eigenvalue weighted by Gasteiger charge is -2.44. The Hall–Kier alpha value is -1.49. The van der Waals surface area contributed by atoms with Crippen LogP contribution in [0.25, 0.3) is 0 Å². The molecule has 82 valence electrons. The summed E-state index contributed by atoms with van der Waals surface area (Å²) in [6.45, 7) is 0. The van der Waals surface area contributed by atoms with E-state index in [1.807, 2.05) is 6.07 Å². The summed E-state index contributed by atoms with van der Waals surface area (Å²) in [5.74, 6) is 1.14. The molecule has 3 rings (SSSR count). The first-order valence-corrected chi connectivity index (χ1v) is 5.87. The SMILES string of the molecule is COc1ccc2c(c1)[C@@]1(CC2)CC[C@@H]1C#N. The molecule has 2 aliphatic carbocycles. The van der Waals surface area contributed by atoms with Crippen LogP contribution in [0.1, 0.15) is 30.4 Å². The smallest absolute Gasteiger partial charge is 0.119 e. The summed E-state index contributed by atoms with van der Waals surface area (Å²) in [5.41, 5.74) is 2.96. The minimum Gasteiger partial charge on any atom is -0.497 e. The Bertz CT molecular complexity index is 474. The molecular formula is C14H15NO. The highest BCUT2D eigenvalue weighted by atomic mass is 16.5. The number of nitriles is 1. The first kappa shape index (κ1) is 9.72. The summed E-state index contributed by atoms with van der Waals surface area (Å²) in [6, 6.07) is 8.80. The molecule has 2 aliphatic rings. The predicted molar refractivity (Wildman–Crippen MR) is 61.3 cm³/mol. The van der Waals surface area contributed by atoms with Gasteiger partial charge in [-0.3, -0.25) is 0 Å². The van der Waals surface area contributed by atoms with E-state index in [4.69, 9.17) is 4.74 Å². The zero-order valence-corrected chi connectivity index (χ0v) is 9.49.